The number of carboxylic acid groups (broad SMARTS) is 1. The molecule has 0 radical (unpaired) electrons. The summed E-state index contributed by atoms with van der Waals surface area (Å²) >= 11 is 0. The van der Waals surface area contributed by atoms with E-state index in [-0.39, 0.29) is 24.6 Å². The summed E-state index contributed by atoms with van der Waals surface area (Å²) in [5.74, 6) is -0.753. The van der Waals surface area contributed by atoms with Crippen molar-refractivity contribution in [2.45, 2.75) is 44.4 Å². The summed E-state index contributed by atoms with van der Waals surface area (Å²) in [6.45, 7) is 3.38. The lowest BCUT2D eigenvalue weighted by Crippen LogP contribution is -2.52. The monoisotopic (exact) mass is 230 g/mol. The van der Waals surface area contributed by atoms with Crippen molar-refractivity contribution in [2.24, 2.45) is 5.73 Å². The van der Waals surface area contributed by atoms with Crippen LogP contribution in [0.25, 0.3) is 0 Å². The fourth-order valence-corrected chi connectivity index (χ4v) is 2.43. The number of carboxylic acids is 1. The van der Waals surface area contributed by atoms with Crippen LogP contribution in [0.2, 0.25) is 0 Å². The molecule has 0 bridgehead atoms. The molecule has 1 saturated heterocycles. The zero-order valence-corrected chi connectivity index (χ0v) is 10.1. The molecule has 0 aromatic rings. The number of aliphatic carboxylic acids is 1. The molecule has 5 heteroatoms. The van der Waals surface area contributed by atoms with E-state index in [2.05, 4.69) is 4.90 Å². The number of hydrogen-bond acceptors (Lipinski definition) is 4. The van der Waals surface area contributed by atoms with Crippen molar-refractivity contribution in [2.75, 3.05) is 20.2 Å². The topological polar surface area (TPSA) is 75.8 Å². The van der Waals surface area contributed by atoms with E-state index in [9.17, 15) is 4.79 Å². The first-order valence-corrected chi connectivity index (χ1v) is 5.78. The van der Waals surface area contributed by atoms with Gasteiger partial charge in [0.25, 0.3) is 0 Å². The highest BCUT2D eigenvalue weighted by Gasteiger charge is 2.31. The second kappa shape index (κ2) is 6.18. The van der Waals surface area contributed by atoms with Gasteiger partial charge >= 0.3 is 5.97 Å². The van der Waals surface area contributed by atoms with E-state index in [1.54, 1.807) is 7.11 Å². The Kier molecular flexibility index (Phi) is 5.18. The second-order valence-corrected chi connectivity index (χ2v) is 4.46. The Hall–Kier alpha value is -0.650. The minimum absolute atomic E-state index is 0.0452. The number of nitrogens with zero attached hydrogens (tertiary/aromatic N) is 1. The predicted molar refractivity (Wildman–Crippen MR) is 61.3 cm³/mol. The molecular weight excluding hydrogens is 208 g/mol. The molecule has 5 nitrogen and oxygen atoms in total. The van der Waals surface area contributed by atoms with E-state index in [1.165, 1.54) is 0 Å². The maximum Gasteiger partial charge on any atom is 0.304 e. The summed E-state index contributed by atoms with van der Waals surface area (Å²) in [6.07, 6.45) is 2.30. The van der Waals surface area contributed by atoms with Crippen LogP contribution in [-0.4, -0.2) is 54.4 Å². The molecule has 3 unspecified atom stereocenters. The van der Waals surface area contributed by atoms with Crippen LogP contribution in [0.3, 0.4) is 0 Å². The molecule has 0 spiro atoms. The summed E-state index contributed by atoms with van der Waals surface area (Å²) in [6, 6.07) is 0.289. The zero-order valence-electron chi connectivity index (χ0n) is 10.1. The van der Waals surface area contributed by atoms with Gasteiger partial charge in [0.05, 0.1) is 12.5 Å². The Morgan fingerprint density at radius 2 is 2.38 bits per heavy atom. The van der Waals surface area contributed by atoms with Gasteiger partial charge in [-0.05, 0) is 19.8 Å². The normalized spacial score (nSPS) is 28.9. The lowest BCUT2D eigenvalue weighted by molar-refractivity contribution is -0.138. The van der Waals surface area contributed by atoms with Gasteiger partial charge in [-0.15, -0.1) is 0 Å². The molecule has 1 aliphatic heterocycles. The van der Waals surface area contributed by atoms with Crippen LogP contribution < -0.4 is 5.73 Å². The van der Waals surface area contributed by atoms with Crippen molar-refractivity contribution in [3.8, 4) is 0 Å². The van der Waals surface area contributed by atoms with Crippen molar-refractivity contribution in [1.82, 2.24) is 4.90 Å². The average Bonchev–Trinajstić information content (AvgIpc) is 2.27. The van der Waals surface area contributed by atoms with Crippen molar-refractivity contribution >= 4 is 5.97 Å². The zero-order chi connectivity index (χ0) is 12.1. The fourth-order valence-electron chi connectivity index (χ4n) is 2.43. The number of likely N-dealkylation sites (tertiary alicyclic amines) is 1. The third-order valence-electron chi connectivity index (χ3n) is 3.35. The molecule has 1 rings (SSSR count). The van der Waals surface area contributed by atoms with Gasteiger partial charge in [-0.1, -0.05) is 0 Å². The van der Waals surface area contributed by atoms with Crippen molar-refractivity contribution in [3.05, 3.63) is 0 Å². The van der Waals surface area contributed by atoms with Crippen molar-refractivity contribution in [1.29, 1.82) is 0 Å². The van der Waals surface area contributed by atoms with Crippen LogP contribution in [0, 0.1) is 0 Å². The molecule has 0 aliphatic carbocycles. The number of piperidine rings is 1. The smallest absolute Gasteiger partial charge is 0.304 e. The molecular formula is C11H22N2O3. The molecule has 0 saturated carbocycles. The van der Waals surface area contributed by atoms with E-state index >= 15 is 0 Å². The Labute approximate surface area is 96.6 Å². The SMILES string of the molecule is COC1CCN(C(C)CC(=O)O)C(CN)C1. The minimum Gasteiger partial charge on any atom is -0.481 e. The highest BCUT2D eigenvalue weighted by atomic mass is 16.5. The summed E-state index contributed by atoms with van der Waals surface area (Å²) in [4.78, 5) is 12.9. The first-order chi connectivity index (χ1) is 7.58. The molecule has 3 N–H and O–H groups in total. The third kappa shape index (κ3) is 3.43. The number of carbonyl (C=O) groups is 1. The summed E-state index contributed by atoms with van der Waals surface area (Å²) < 4.78 is 5.33. The van der Waals surface area contributed by atoms with E-state index in [0.717, 1.165) is 19.4 Å². The second-order valence-electron chi connectivity index (χ2n) is 4.46. The van der Waals surface area contributed by atoms with Crippen molar-refractivity contribution in [3.63, 3.8) is 0 Å². The van der Waals surface area contributed by atoms with Gasteiger partial charge in [0.15, 0.2) is 0 Å². The first kappa shape index (κ1) is 13.4. The van der Waals surface area contributed by atoms with Crippen LogP contribution in [0.5, 0.6) is 0 Å². The number of methoxy groups -OCH3 is 1. The van der Waals surface area contributed by atoms with E-state index < -0.39 is 5.97 Å². The van der Waals surface area contributed by atoms with Crippen molar-refractivity contribution < 1.29 is 14.6 Å². The Bertz CT molecular complexity index is 235. The van der Waals surface area contributed by atoms with Gasteiger partial charge in [-0.2, -0.15) is 0 Å². The van der Waals surface area contributed by atoms with E-state index in [0.29, 0.717) is 6.54 Å². The van der Waals surface area contributed by atoms with Crippen LogP contribution in [0.4, 0.5) is 0 Å². The number of nitrogens with two attached hydrogens (primary N) is 1. The predicted octanol–water partition coefficient (Wildman–Crippen LogP) is 0.288. The molecule has 3 atom stereocenters. The highest BCUT2D eigenvalue weighted by Crippen LogP contribution is 2.22. The highest BCUT2D eigenvalue weighted by molar-refractivity contribution is 5.67. The van der Waals surface area contributed by atoms with E-state index in [1.807, 2.05) is 6.92 Å². The maximum atomic E-state index is 10.7. The van der Waals surface area contributed by atoms with Crippen LogP contribution in [-0.2, 0) is 9.53 Å². The van der Waals surface area contributed by atoms with Crippen LogP contribution >= 0.6 is 0 Å². The summed E-state index contributed by atoms with van der Waals surface area (Å²) in [7, 11) is 1.72. The first-order valence-electron chi connectivity index (χ1n) is 5.78. The molecule has 0 aromatic carbocycles. The molecule has 0 aromatic heterocycles. The molecule has 0 amide bonds. The molecule has 16 heavy (non-hydrogen) atoms. The summed E-state index contributed by atoms with van der Waals surface area (Å²) in [5, 5.41) is 8.79. The lowest BCUT2D eigenvalue weighted by Gasteiger charge is -2.41. The number of hydrogen-bond donors (Lipinski definition) is 2. The van der Waals surface area contributed by atoms with Crippen LogP contribution in [0.1, 0.15) is 26.2 Å². The lowest BCUT2D eigenvalue weighted by atomic mass is 9.96. The standard InChI is InChI=1S/C11H22N2O3/c1-8(5-11(14)15)13-4-3-10(16-2)6-9(13)7-12/h8-10H,3-7,12H2,1-2H3,(H,14,15). The van der Waals surface area contributed by atoms with Gasteiger partial charge < -0.3 is 15.6 Å². The molecule has 1 aliphatic rings. The average molecular weight is 230 g/mol. The van der Waals surface area contributed by atoms with Crippen LogP contribution in [0.15, 0.2) is 0 Å². The fraction of sp³-hybridized carbons (Fsp3) is 0.909. The molecule has 1 fully saturated rings. The Balaban J connectivity index is 2.55. The number of ether oxygens (including phenoxy) is 1. The van der Waals surface area contributed by atoms with Gasteiger partial charge in [-0.25, -0.2) is 0 Å². The summed E-state index contributed by atoms with van der Waals surface area (Å²) in [5.41, 5.74) is 5.73. The quantitative estimate of drug-likeness (QED) is 0.710. The minimum atomic E-state index is -0.753. The van der Waals surface area contributed by atoms with E-state index in [4.69, 9.17) is 15.6 Å². The largest absolute Gasteiger partial charge is 0.481 e. The Morgan fingerprint density at radius 3 is 2.88 bits per heavy atom. The van der Waals surface area contributed by atoms with Gasteiger partial charge in [0.2, 0.25) is 0 Å². The maximum absolute atomic E-state index is 10.7. The van der Waals surface area contributed by atoms with Gasteiger partial charge in [-0.3, -0.25) is 9.69 Å². The molecule has 1 heterocycles. The van der Waals surface area contributed by atoms with Gasteiger partial charge in [0.1, 0.15) is 0 Å². The third-order valence-corrected chi connectivity index (χ3v) is 3.35. The number of rotatable bonds is 5. The van der Waals surface area contributed by atoms with Gasteiger partial charge in [0, 0.05) is 32.3 Å². The Morgan fingerprint density at radius 1 is 1.69 bits per heavy atom. The molecule has 94 valence electrons.